The van der Waals surface area contributed by atoms with Crippen LogP contribution in [0.3, 0.4) is 0 Å². The maximum atomic E-state index is 11.5. The highest BCUT2D eigenvalue weighted by atomic mass is 16.6. The van der Waals surface area contributed by atoms with Crippen molar-refractivity contribution in [2.75, 3.05) is 7.11 Å². The number of carbonyl (C=O) groups is 1. The van der Waals surface area contributed by atoms with E-state index >= 15 is 0 Å². The zero-order chi connectivity index (χ0) is 13.5. The van der Waals surface area contributed by atoms with Crippen molar-refractivity contribution in [3.05, 3.63) is 48.3 Å². The summed E-state index contributed by atoms with van der Waals surface area (Å²) in [5, 5.41) is 2.60. The molecule has 6 heteroatoms. The number of carbonyl (C=O) groups excluding carboxylic acids is 1. The molecule has 0 aliphatic carbocycles. The van der Waals surface area contributed by atoms with Gasteiger partial charge in [0.2, 0.25) is 0 Å². The fourth-order valence-corrected chi connectivity index (χ4v) is 1.41. The van der Waals surface area contributed by atoms with E-state index in [4.69, 9.17) is 9.47 Å². The lowest BCUT2D eigenvalue weighted by atomic mass is 10.2. The molecule has 0 saturated carbocycles. The molecule has 1 heterocycles. The molecule has 0 aliphatic rings. The molecule has 1 N–H and O–H groups in total. The summed E-state index contributed by atoms with van der Waals surface area (Å²) in [4.78, 5) is 19.1. The minimum absolute atomic E-state index is 0.0191. The Morgan fingerprint density at radius 3 is 2.79 bits per heavy atom. The molecular formula is C13H13N3O3. The van der Waals surface area contributed by atoms with Gasteiger partial charge in [0.15, 0.2) is 0 Å². The average Bonchev–Trinajstić information content (AvgIpc) is 2.46. The van der Waals surface area contributed by atoms with Crippen LogP contribution in [-0.4, -0.2) is 23.2 Å². The van der Waals surface area contributed by atoms with E-state index < -0.39 is 6.09 Å². The summed E-state index contributed by atoms with van der Waals surface area (Å²) in [5.41, 5.74) is 0.908. The zero-order valence-corrected chi connectivity index (χ0v) is 10.4. The van der Waals surface area contributed by atoms with E-state index in [2.05, 4.69) is 15.3 Å². The standard InChI is InChI=1S/C13H13N3O3/c1-18-11-5-2-4-10(8-11)9-16-13(17)19-12-14-6-3-7-15-12/h2-8H,9H2,1H3,(H,16,17). The molecule has 98 valence electrons. The van der Waals surface area contributed by atoms with E-state index in [9.17, 15) is 4.79 Å². The van der Waals surface area contributed by atoms with Gasteiger partial charge in [0.1, 0.15) is 5.75 Å². The zero-order valence-electron chi connectivity index (χ0n) is 10.4. The Labute approximate surface area is 110 Å². The van der Waals surface area contributed by atoms with Gasteiger partial charge in [-0.2, -0.15) is 0 Å². The summed E-state index contributed by atoms with van der Waals surface area (Å²) in [6, 6.07) is 9.05. The van der Waals surface area contributed by atoms with Gasteiger partial charge in [0, 0.05) is 18.9 Å². The van der Waals surface area contributed by atoms with Gasteiger partial charge < -0.3 is 14.8 Å². The fourth-order valence-electron chi connectivity index (χ4n) is 1.41. The van der Waals surface area contributed by atoms with Gasteiger partial charge in [-0.05, 0) is 23.8 Å². The maximum Gasteiger partial charge on any atom is 0.415 e. The van der Waals surface area contributed by atoms with Gasteiger partial charge in [0.05, 0.1) is 7.11 Å². The van der Waals surface area contributed by atoms with Crippen molar-refractivity contribution in [3.63, 3.8) is 0 Å². The molecule has 0 saturated heterocycles. The highest BCUT2D eigenvalue weighted by Crippen LogP contribution is 2.12. The monoisotopic (exact) mass is 259 g/mol. The first-order valence-corrected chi connectivity index (χ1v) is 5.63. The molecule has 0 bridgehead atoms. The maximum absolute atomic E-state index is 11.5. The number of nitrogens with zero attached hydrogens (tertiary/aromatic N) is 2. The number of nitrogens with one attached hydrogen (secondary N) is 1. The Hall–Kier alpha value is -2.63. The Kier molecular flexibility index (Phi) is 4.28. The smallest absolute Gasteiger partial charge is 0.415 e. The Morgan fingerprint density at radius 2 is 2.05 bits per heavy atom. The van der Waals surface area contributed by atoms with Gasteiger partial charge in [-0.25, -0.2) is 14.8 Å². The first kappa shape index (κ1) is 12.8. The Bertz CT molecular complexity index is 546. The van der Waals surface area contributed by atoms with Crippen LogP contribution in [0.15, 0.2) is 42.7 Å². The number of aromatic nitrogens is 2. The van der Waals surface area contributed by atoms with Crippen LogP contribution in [0.1, 0.15) is 5.56 Å². The van der Waals surface area contributed by atoms with Crippen LogP contribution in [-0.2, 0) is 6.54 Å². The molecule has 0 fully saturated rings. The van der Waals surface area contributed by atoms with Crippen LogP contribution in [0, 0.1) is 0 Å². The summed E-state index contributed by atoms with van der Waals surface area (Å²) in [5.74, 6) is 0.735. The van der Waals surface area contributed by atoms with Crippen molar-refractivity contribution in [2.24, 2.45) is 0 Å². The third-order valence-corrected chi connectivity index (χ3v) is 2.30. The van der Waals surface area contributed by atoms with E-state index in [0.29, 0.717) is 6.54 Å². The first-order valence-electron chi connectivity index (χ1n) is 5.63. The number of benzene rings is 1. The van der Waals surface area contributed by atoms with Crippen molar-refractivity contribution in [3.8, 4) is 11.8 Å². The molecule has 0 atom stereocenters. The normalized spacial score (nSPS) is 9.74. The summed E-state index contributed by atoms with van der Waals surface area (Å²) in [7, 11) is 1.59. The van der Waals surface area contributed by atoms with Crippen LogP contribution in [0.4, 0.5) is 4.79 Å². The second kappa shape index (κ2) is 6.34. The van der Waals surface area contributed by atoms with Gasteiger partial charge >= 0.3 is 12.1 Å². The van der Waals surface area contributed by atoms with Crippen molar-refractivity contribution in [1.29, 1.82) is 0 Å². The molecule has 0 unspecified atom stereocenters. The predicted octanol–water partition coefficient (Wildman–Crippen LogP) is 1.77. The molecule has 0 spiro atoms. The number of hydrogen-bond acceptors (Lipinski definition) is 5. The summed E-state index contributed by atoms with van der Waals surface area (Å²) < 4.78 is 9.98. The Morgan fingerprint density at radius 1 is 1.26 bits per heavy atom. The topological polar surface area (TPSA) is 73.3 Å². The van der Waals surface area contributed by atoms with Gasteiger partial charge in [0.25, 0.3) is 0 Å². The largest absolute Gasteiger partial charge is 0.497 e. The molecule has 19 heavy (non-hydrogen) atoms. The highest BCUT2D eigenvalue weighted by Gasteiger charge is 2.05. The second-order valence-electron chi connectivity index (χ2n) is 3.63. The van der Waals surface area contributed by atoms with E-state index in [1.54, 1.807) is 13.2 Å². The SMILES string of the molecule is COc1cccc(CNC(=O)Oc2ncccn2)c1. The van der Waals surface area contributed by atoms with Crippen LogP contribution in [0.5, 0.6) is 11.8 Å². The number of rotatable bonds is 4. The average molecular weight is 259 g/mol. The van der Waals surface area contributed by atoms with E-state index in [0.717, 1.165) is 11.3 Å². The number of methoxy groups -OCH3 is 1. The van der Waals surface area contributed by atoms with Crippen molar-refractivity contribution < 1.29 is 14.3 Å². The number of amides is 1. The lowest BCUT2D eigenvalue weighted by Crippen LogP contribution is -2.26. The summed E-state index contributed by atoms with van der Waals surface area (Å²) in [6.07, 6.45) is 2.39. The van der Waals surface area contributed by atoms with Crippen molar-refractivity contribution in [2.45, 2.75) is 6.54 Å². The lowest BCUT2D eigenvalue weighted by molar-refractivity contribution is 0.196. The minimum Gasteiger partial charge on any atom is -0.497 e. The Balaban J connectivity index is 1.86. The highest BCUT2D eigenvalue weighted by molar-refractivity contribution is 5.69. The molecule has 2 aromatic rings. The van der Waals surface area contributed by atoms with Crippen molar-refractivity contribution >= 4 is 6.09 Å². The molecule has 0 aliphatic heterocycles. The van der Waals surface area contributed by atoms with Crippen LogP contribution >= 0.6 is 0 Å². The van der Waals surface area contributed by atoms with Gasteiger partial charge in [-0.15, -0.1) is 0 Å². The minimum atomic E-state index is -0.603. The lowest BCUT2D eigenvalue weighted by Gasteiger charge is -2.06. The molecule has 6 nitrogen and oxygen atoms in total. The second-order valence-corrected chi connectivity index (χ2v) is 3.63. The fraction of sp³-hybridized carbons (Fsp3) is 0.154. The molecular weight excluding hydrogens is 246 g/mol. The molecule has 1 aromatic carbocycles. The van der Waals surface area contributed by atoms with E-state index in [1.165, 1.54) is 12.4 Å². The first-order chi connectivity index (χ1) is 9.28. The molecule has 2 rings (SSSR count). The third kappa shape index (κ3) is 3.95. The molecule has 0 radical (unpaired) electrons. The van der Waals surface area contributed by atoms with Crippen molar-refractivity contribution in [1.82, 2.24) is 15.3 Å². The summed E-state index contributed by atoms with van der Waals surface area (Å²) >= 11 is 0. The van der Waals surface area contributed by atoms with E-state index in [1.807, 2.05) is 24.3 Å². The number of ether oxygens (including phenoxy) is 2. The van der Waals surface area contributed by atoms with Gasteiger partial charge in [-0.1, -0.05) is 12.1 Å². The van der Waals surface area contributed by atoms with Crippen LogP contribution in [0.2, 0.25) is 0 Å². The molecule has 1 aromatic heterocycles. The number of hydrogen-bond donors (Lipinski definition) is 1. The van der Waals surface area contributed by atoms with Crippen LogP contribution < -0.4 is 14.8 Å². The van der Waals surface area contributed by atoms with E-state index in [-0.39, 0.29) is 6.01 Å². The summed E-state index contributed by atoms with van der Waals surface area (Å²) in [6.45, 7) is 0.336. The van der Waals surface area contributed by atoms with Gasteiger partial charge in [-0.3, -0.25) is 0 Å². The quantitative estimate of drug-likeness (QED) is 0.905. The third-order valence-electron chi connectivity index (χ3n) is 2.30. The predicted molar refractivity (Wildman–Crippen MR) is 67.9 cm³/mol. The van der Waals surface area contributed by atoms with Crippen LogP contribution in [0.25, 0.3) is 0 Å². The molecule has 1 amide bonds.